The highest BCUT2D eigenvalue weighted by atomic mass is 19.1. The van der Waals surface area contributed by atoms with Crippen LogP contribution in [0, 0.1) is 11.6 Å². The Balaban J connectivity index is 1.40. The molecule has 1 aliphatic heterocycles. The van der Waals surface area contributed by atoms with Crippen LogP contribution in [0.4, 0.5) is 20.3 Å². The Morgan fingerprint density at radius 1 is 1.31 bits per heavy atom. The monoisotopic (exact) mass is 402 g/mol. The van der Waals surface area contributed by atoms with Gasteiger partial charge in [0.05, 0.1) is 0 Å². The van der Waals surface area contributed by atoms with Crippen molar-refractivity contribution in [2.75, 3.05) is 50.1 Å². The number of halogens is 2. The zero-order chi connectivity index (χ0) is 20.6. The molecule has 1 unspecified atom stereocenters. The van der Waals surface area contributed by atoms with Crippen molar-refractivity contribution in [2.45, 2.75) is 18.9 Å². The number of guanidine groups is 1. The lowest BCUT2D eigenvalue weighted by atomic mass is 10.2. The molecule has 0 saturated carbocycles. The Kier molecular flexibility index (Phi) is 7.21. The van der Waals surface area contributed by atoms with Crippen LogP contribution in [0.5, 0.6) is 0 Å². The van der Waals surface area contributed by atoms with E-state index in [2.05, 4.69) is 20.6 Å². The molecule has 1 saturated heterocycles. The summed E-state index contributed by atoms with van der Waals surface area (Å²) in [5.74, 6) is 0.609. The Morgan fingerprint density at radius 3 is 2.93 bits per heavy atom. The largest absolute Gasteiger partial charge is 0.374 e. The molecule has 156 valence electrons. The van der Waals surface area contributed by atoms with Crippen molar-refractivity contribution in [1.29, 1.82) is 0 Å². The van der Waals surface area contributed by atoms with E-state index < -0.39 is 0 Å². The van der Waals surface area contributed by atoms with Crippen LogP contribution in [0.25, 0.3) is 0 Å². The second-order valence-electron chi connectivity index (χ2n) is 7.14. The highest BCUT2D eigenvalue weighted by Crippen LogP contribution is 2.20. The molecule has 2 aromatic rings. The van der Waals surface area contributed by atoms with Crippen molar-refractivity contribution in [3.63, 3.8) is 0 Å². The van der Waals surface area contributed by atoms with Gasteiger partial charge in [0.1, 0.15) is 5.82 Å². The van der Waals surface area contributed by atoms with Crippen molar-refractivity contribution in [3.8, 4) is 0 Å². The summed E-state index contributed by atoms with van der Waals surface area (Å²) in [4.78, 5) is 12.4. The van der Waals surface area contributed by atoms with Gasteiger partial charge >= 0.3 is 0 Å². The van der Waals surface area contributed by atoms with Gasteiger partial charge in [-0.25, -0.2) is 13.8 Å². The van der Waals surface area contributed by atoms with Crippen LogP contribution in [0.2, 0.25) is 0 Å². The first kappa shape index (κ1) is 20.8. The average Bonchev–Trinajstić information content (AvgIpc) is 3.18. The molecule has 2 N–H and O–H groups in total. The van der Waals surface area contributed by atoms with Gasteiger partial charge in [-0.05, 0) is 43.2 Å². The first-order valence-corrected chi connectivity index (χ1v) is 9.86. The first-order chi connectivity index (χ1) is 14.1. The Hall–Kier alpha value is -2.90. The van der Waals surface area contributed by atoms with Gasteiger partial charge in [-0.15, -0.1) is 0 Å². The molecule has 1 fully saturated rings. The molecule has 1 atom stereocenters. The van der Waals surface area contributed by atoms with Crippen molar-refractivity contribution in [3.05, 3.63) is 54.2 Å². The van der Waals surface area contributed by atoms with Gasteiger partial charge in [0.2, 0.25) is 0 Å². The number of hydrogen-bond donors (Lipinski definition) is 2. The zero-order valence-corrected chi connectivity index (χ0v) is 16.9. The molecule has 1 aromatic heterocycles. The van der Waals surface area contributed by atoms with Gasteiger partial charge < -0.3 is 20.4 Å². The Morgan fingerprint density at radius 2 is 2.17 bits per heavy atom. The lowest BCUT2D eigenvalue weighted by Crippen LogP contribution is -2.45. The third-order valence-electron chi connectivity index (χ3n) is 5.00. The minimum Gasteiger partial charge on any atom is -0.374 e. The smallest absolute Gasteiger partial charge is 0.191 e. The molecular formula is C21H28F2N6. The minimum atomic E-state index is -0.293. The number of hydrogen-bond acceptors (Lipinski definition) is 4. The molecule has 0 amide bonds. The van der Waals surface area contributed by atoms with Gasteiger partial charge in [-0.2, -0.15) is 0 Å². The van der Waals surface area contributed by atoms with Crippen molar-refractivity contribution < 1.29 is 8.78 Å². The number of rotatable bonds is 7. The number of aliphatic imine (C=N–C) groups is 1. The van der Waals surface area contributed by atoms with Gasteiger partial charge in [-0.1, -0.05) is 6.07 Å². The van der Waals surface area contributed by atoms with Crippen LogP contribution in [-0.4, -0.2) is 57.3 Å². The third kappa shape index (κ3) is 5.79. The molecule has 2 heterocycles. The van der Waals surface area contributed by atoms with E-state index in [9.17, 15) is 8.78 Å². The van der Waals surface area contributed by atoms with E-state index in [1.165, 1.54) is 18.2 Å². The SMILES string of the molecule is CN=C(NCCCN(C)c1cccc(F)c1)NC1CCN(c2ncccc2F)C1. The normalized spacial score (nSPS) is 16.8. The second-order valence-corrected chi connectivity index (χ2v) is 7.14. The fraction of sp³-hybridized carbons (Fsp3) is 0.429. The lowest BCUT2D eigenvalue weighted by Gasteiger charge is -2.21. The predicted molar refractivity (Wildman–Crippen MR) is 114 cm³/mol. The van der Waals surface area contributed by atoms with Crippen LogP contribution >= 0.6 is 0 Å². The summed E-state index contributed by atoms with van der Waals surface area (Å²) in [6.45, 7) is 2.96. The topological polar surface area (TPSA) is 55.8 Å². The second kappa shape index (κ2) is 10.0. The minimum absolute atomic E-state index is 0.178. The van der Waals surface area contributed by atoms with Crippen molar-refractivity contribution in [1.82, 2.24) is 15.6 Å². The van der Waals surface area contributed by atoms with Gasteiger partial charge in [0.15, 0.2) is 17.6 Å². The van der Waals surface area contributed by atoms with Crippen LogP contribution < -0.4 is 20.4 Å². The van der Waals surface area contributed by atoms with E-state index in [-0.39, 0.29) is 17.7 Å². The fourth-order valence-corrected chi connectivity index (χ4v) is 3.43. The van der Waals surface area contributed by atoms with E-state index in [0.29, 0.717) is 12.4 Å². The summed E-state index contributed by atoms with van der Waals surface area (Å²) >= 11 is 0. The molecule has 0 aliphatic carbocycles. The van der Waals surface area contributed by atoms with Gasteiger partial charge in [-0.3, -0.25) is 4.99 Å². The fourth-order valence-electron chi connectivity index (χ4n) is 3.43. The van der Waals surface area contributed by atoms with E-state index in [4.69, 9.17) is 0 Å². The molecule has 1 aromatic carbocycles. The number of anilines is 2. The average molecular weight is 402 g/mol. The van der Waals surface area contributed by atoms with Crippen molar-refractivity contribution in [2.24, 2.45) is 4.99 Å². The summed E-state index contributed by atoms with van der Waals surface area (Å²) in [5, 5.41) is 6.71. The lowest BCUT2D eigenvalue weighted by molar-refractivity contribution is 0.612. The molecule has 6 nitrogen and oxygen atoms in total. The van der Waals surface area contributed by atoms with E-state index in [1.807, 2.05) is 22.9 Å². The van der Waals surface area contributed by atoms with E-state index in [0.717, 1.165) is 44.1 Å². The summed E-state index contributed by atoms with van der Waals surface area (Å²) in [7, 11) is 3.69. The van der Waals surface area contributed by atoms with Crippen LogP contribution in [0.15, 0.2) is 47.6 Å². The predicted octanol–water partition coefficient (Wildman–Crippen LogP) is 2.63. The number of benzene rings is 1. The zero-order valence-electron chi connectivity index (χ0n) is 16.9. The van der Waals surface area contributed by atoms with Gasteiger partial charge in [0, 0.05) is 58.2 Å². The molecule has 0 radical (unpaired) electrons. The standard InChI is InChI=1S/C21H28F2N6/c1-24-21(26-11-5-12-28(2)18-7-3-6-16(22)14-18)27-17-9-13-29(15-17)20-19(23)8-4-10-25-20/h3-4,6-8,10,14,17H,5,9,11-13,15H2,1-2H3,(H2,24,26,27). The molecule has 8 heteroatoms. The summed E-state index contributed by atoms with van der Waals surface area (Å²) in [6, 6.07) is 9.80. The molecule has 29 heavy (non-hydrogen) atoms. The van der Waals surface area contributed by atoms with Crippen LogP contribution in [-0.2, 0) is 0 Å². The number of nitrogens with zero attached hydrogens (tertiary/aromatic N) is 4. The number of nitrogens with one attached hydrogen (secondary N) is 2. The maximum absolute atomic E-state index is 13.9. The molecule has 0 spiro atoms. The summed E-state index contributed by atoms with van der Waals surface area (Å²) in [6.07, 6.45) is 3.38. The number of pyridine rings is 1. The molecule has 0 bridgehead atoms. The Labute approximate surface area is 170 Å². The van der Waals surface area contributed by atoms with Crippen LogP contribution in [0.3, 0.4) is 0 Å². The maximum atomic E-state index is 13.9. The highest BCUT2D eigenvalue weighted by molar-refractivity contribution is 5.80. The van der Waals surface area contributed by atoms with E-state index >= 15 is 0 Å². The van der Waals surface area contributed by atoms with Gasteiger partial charge in [0.25, 0.3) is 0 Å². The molecule has 1 aliphatic rings. The highest BCUT2D eigenvalue weighted by Gasteiger charge is 2.25. The first-order valence-electron chi connectivity index (χ1n) is 9.86. The summed E-state index contributed by atoms with van der Waals surface area (Å²) in [5.41, 5.74) is 0.861. The molecule has 3 rings (SSSR count). The maximum Gasteiger partial charge on any atom is 0.191 e. The third-order valence-corrected chi connectivity index (χ3v) is 5.00. The Bertz CT molecular complexity index is 828. The van der Waals surface area contributed by atoms with E-state index in [1.54, 1.807) is 25.4 Å². The molecular weight excluding hydrogens is 374 g/mol. The van der Waals surface area contributed by atoms with Crippen molar-refractivity contribution >= 4 is 17.5 Å². The number of aromatic nitrogens is 1. The van der Waals surface area contributed by atoms with Crippen LogP contribution in [0.1, 0.15) is 12.8 Å². The quantitative estimate of drug-likeness (QED) is 0.424. The summed E-state index contributed by atoms with van der Waals surface area (Å²) < 4.78 is 27.3.